The van der Waals surface area contributed by atoms with Gasteiger partial charge in [0.25, 0.3) is 10.0 Å². The normalized spacial score (nSPS) is 11.6. The molecule has 1 aromatic heterocycles. The highest BCUT2D eigenvalue weighted by atomic mass is 32.2. The van der Waals surface area contributed by atoms with Gasteiger partial charge in [-0.2, -0.15) is 0 Å². The Hall–Kier alpha value is -2.54. The number of sulfonamides is 1. The standard InChI is InChI=1S/C16H16N2O4S/c1-10-8-13(21-3)5-7-16(10)23(19,20)18-12-4-6-15-14(9-12)17-11(2)22-15/h4-9,18H,1-3H3. The predicted octanol–water partition coefficient (Wildman–Crippen LogP) is 3.25. The van der Waals surface area contributed by atoms with Crippen LogP contribution in [0.4, 0.5) is 5.69 Å². The second kappa shape index (κ2) is 5.58. The van der Waals surface area contributed by atoms with Crippen molar-refractivity contribution < 1.29 is 17.6 Å². The summed E-state index contributed by atoms with van der Waals surface area (Å²) >= 11 is 0. The number of nitrogens with one attached hydrogen (secondary N) is 1. The molecular weight excluding hydrogens is 316 g/mol. The number of oxazole rings is 1. The van der Waals surface area contributed by atoms with E-state index in [0.717, 1.165) is 0 Å². The second-order valence-electron chi connectivity index (χ2n) is 5.15. The molecule has 7 heteroatoms. The first-order chi connectivity index (χ1) is 10.9. The zero-order chi connectivity index (χ0) is 16.6. The number of aryl methyl sites for hydroxylation is 2. The summed E-state index contributed by atoms with van der Waals surface area (Å²) in [6, 6.07) is 9.79. The third kappa shape index (κ3) is 3.00. The van der Waals surface area contributed by atoms with Crippen molar-refractivity contribution in [3.8, 4) is 5.75 Å². The molecule has 0 aliphatic carbocycles. The Balaban J connectivity index is 1.95. The van der Waals surface area contributed by atoms with Crippen LogP contribution in [-0.4, -0.2) is 20.5 Å². The van der Waals surface area contributed by atoms with Gasteiger partial charge in [0.15, 0.2) is 11.5 Å². The largest absolute Gasteiger partial charge is 0.497 e. The van der Waals surface area contributed by atoms with Crippen molar-refractivity contribution in [2.24, 2.45) is 0 Å². The molecule has 3 aromatic rings. The number of nitrogens with zero attached hydrogens (tertiary/aromatic N) is 1. The topological polar surface area (TPSA) is 81.4 Å². The van der Waals surface area contributed by atoms with E-state index in [1.54, 1.807) is 44.2 Å². The van der Waals surface area contributed by atoms with Crippen molar-refractivity contribution >= 4 is 26.8 Å². The van der Waals surface area contributed by atoms with E-state index in [2.05, 4.69) is 9.71 Å². The van der Waals surface area contributed by atoms with Gasteiger partial charge >= 0.3 is 0 Å². The summed E-state index contributed by atoms with van der Waals surface area (Å²) in [4.78, 5) is 4.40. The average molecular weight is 332 g/mol. The minimum atomic E-state index is -3.69. The summed E-state index contributed by atoms with van der Waals surface area (Å²) in [5, 5.41) is 0. The average Bonchev–Trinajstić information content (AvgIpc) is 2.85. The quantitative estimate of drug-likeness (QED) is 0.793. The van der Waals surface area contributed by atoms with Crippen LogP contribution >= 0.6 is 0 Å². The van der Waals surface area contributed by atoms with E-state index in [9.17, 15) is 8.42 Å². The first kappa shape index (κ1) is 15.4. The zero-order valence-corrected chi connectivity index (χ0v) is 13.8. The van der Waals surface area contributed by atoms with Gasteiger partial charge in [0, 0.05) is 6.92 Å². The van der Waals surface area contributed by atoms with Gasteiger partial charge < -0.3 is 9.15 Å². The summed E-state index contributed by atoms with van der Waals surface area (Å²) in [5.41, 5.74) is 2.26. The number of hydrogen-bond donors (Lipinski definition) is 1. The van der Waals surface area contributed by atoms with Crippen LogP contribution in [0.2, 0.25) is 0 Å². The molecule has 0 fully saturated rings. The first-order valence-corrected chi connectivity index (χ1v) is 8.42. The lowest BCUT2D eigenvalue weighted by atomic mass is 10.2. The smallest absolute Gasteiger partial charge is 0.262 e. The molecule has 0 saturated heterocycles. The van der Waals surface area contributed by atoms with Crippen LogP contribution in [0, 0.1) is 13.8 Å². The molecule has 0 spiro atoms. The fourth-order valence-electron chi connectivity index (χ4n) is 2.37. The highest BCUT2D eigenvalue weighted by molar-refractivity contribution is 7.92. The maximum Gasteiger partial charge on any atom is 0.262 e. The van der Waals surface area contributed by atoms with Gasteiger partial charge in [-0.3, -0.25) is 4.72 Å². The Kier molecular flexibility index (Phi) is 3.73. The van der Waals surface area contributed by atoms with E-state index in [1.807, 2.05) is 0 Å². The zero-order valence-electron chi connectivity index (χ0n) is 13.0. The van der Waals surface area contributed by atoms with Crippen LogP contribution in [0.15, 0.2) is 45.7 Å². The molecule has 0 unspecified atom stereocenters. The van der Waals surface area contributed by atoms with E-state index >= 15 is 0 Å². The Morgan fingerprint density at radius 3 is 2.61 bits per heavy atom. The number of rotatable bonds is 4. The number of aromatic nitrogens is 1. The molecule has 0 aliphatic rings. The molecule has 0 bridgehead atoms. The lowest BCUT2D eigenvalue weighted by molar-refractivity contribution is 0.414. The lowest BCUT2D eigenvalue weighted by Gasteiger charge is -2.11. The van der Waals surface area contributed by atoms with Crippen molar-refractivity contribution in [3.63, 3.8) is 0 Å². The predicted molar refractivity (Wildman–Crippen MR) is 87.3 cm³/mol. The van der Waals surface area contributed by atoms with E-state index < -0.39 is 10.0 Å². The number of fused-ring (bicyclic) bond motifs is 1. The summed E-state index contributed by atoms with van der Waals surface area (Å²) in [6.45, 7) is 3.46. The molecule has 1 N–H and O–H groups in total. The van der Waals surface area contributed by atoms with E-state index in [0.29, 0.717) is 34.0 Å². The van der Waals surface area contributed by atoms with Crippen LogP contribution in [-0.2, 0) is 10.0 Å². The van der Waals surface area contributed by atoms with E-state index in [1.165, 1.54) is 13.2 Å². The maximum atomic E-state index is 12.6. The molecule has 0 aliphatic heterocycles. The first-order valence-electron chi connectivity index (χ1n) is 6.94. The number of ether oxygens (including phenoxy) is 1. The molecule has 0 radical (unpaired) electrons. The molecule has 6 nitrogen and oxygen atoms in total. The van der Waals surface area contributed by atoms with Gasteiger partial charge in [0.1, 0.15) is 11.3 Å². The maximum absolute atomic E-state index is 12.6. The Bertz CT molecular complexity index is 977. The van der Waals surface area contributed by atoms with Crippen molar-refractivity contribution in [3.05, 3.63) is 47.9 Å². The minimum Gasteiger partial charge on any atom is -0.497 e. The summed E-state index contributed by atoms with van der Waals surface area (Å²) in [7, 11) is -2.16. The Morgan fingerprint density at radius 2 is 1.91 bits per heavy atom. The van der Waals surface area contributed by atoms with Crippen molar-refractivity contribution in [2.45, 2.75) is 18.7 Å². The molecule has 0 saturated carbocycles. The van der Waals surface area contributed by atoms with Gasteiger partial charge in [-0.25, -0.2) is 13.4 Å². The molecule has 3 rings (SSSR count). The van der Waals surface area contributed by atoms with Crippen LogP contribution in [0.3, 0.4) is 0 Å². The van der Waals surface area contributed by atoms with Crippen molar-refractivity contribution in [1.29, 1.82) is 0 Å². The lowest BCUT2D eigenvalue weighted by Crippen LogP contribution is -2.14. The van der Waals surface area contributed by atoms with E-state index in [4.69, 9.17) is 9.15 Å². The summed E-state index contributed by atoms with van der Waals surface area (Å²) in [5.74, 6) is 1.15. The summed E-state index contributed by atoms with van der Waals surface area (Å²) in [6.07, 6.45) is 0. The second-order valence-corrected chi connectivity index (χ2v) is 6.80. The minimum absolute atomic E-state index is 0.203. The molecule has 0 atom stereocenters. The molecule has 120 valence electrons. The van der Waals surface area contributed by atoms with Gasteiger partial charge in [0.05, 0.1) is 17.7 Å². The fourth-order valence-corrected chi connectivity index (χ4v) is 3.64. The number of benzene rings is 2. The third-order valence-corrected chi connectivity index (χ3v) is 4.96. The van der Waals surface area contributed by atoms with Gasteiger partial charge in [-0.1, -0.05) is 0 Å². The van der Waals surface area contributed by atoms with Crippen LogP contribution in [0.5, 0.6) is 5.75 Å². The van der Waals surface area contributed by atoms with Crippen LogP contribution < -0.4 is 9.46 Å². The van der Waals surface area contributed by atoms with Gasteiger partial charge in [-0.15, -0.1) is 0 Å². The summed E-state index contributed by atoms with van der Waals surface area (Å²) < 4.78 is 38.2. The SMILES string of the molecule is COc1ccc(S(=O)(=O)Nc2ccc3oc(C)nc3c2)c(C)c1. The van der Waals surface area contributed by atoms with Crippen LogP contribution in [0.1, 0.15) is 11.5 Å². The monoisotopic (exact) mass is 332 g/mol. The van der Waals surface area contributed by atoms with Crippen molar-refractivity contribution in [2.75, 3.05) is 11.8 Å². The van der Waals surface area contributed by atoms with Gasteiger partial charge in [0.2, 0.25) is 0 Å². The highest BCUT2D eigenvalue weighted by Crippen LogP contribution is 2.25. The van der Waals surface area contributed by atoms with Crippen molar-refractivity contribution in [1.82, 2.24) is 4.98 Å². The van der Waals surface area contributed by atoms with E-state index in [-0.39, 0.29) is 4.90 Å². The molecule has 23 heavy (non-hydrogen) atoms. The van der Waals surface area contributed by atoms with Crippen LogP contribution in [0.25, 0.3) is 11.1 Å². The molecular formula is C16H16N2O4S. The number of methoxy groups -OCH3 is 1. The highest BCUT2D eigenvalue weighted by Gasteiger charge is 2.18. The third-order valence-electron chi connectivity index (χ3n) is 3.42. The van der Waals surface area contributed by atoms with Gasteiger partial charge in [-0.05, 0) is 48.9 Å². The number of anilines is 1. The molecule has 2 aromatic carbocycles. The molecule has 0 amide bonds. The Morgan fingerprint density at radius 1 is 1.13 bits per heavy atom. The number of hydrogen-bond acceptors (Lipinski definition) is 5. The Labute approximate surface area is 134 Å². The molecule has 1 heterocycles. The fraction of sp³-hybridized carbons (Fsp3) is 0.188.